The summed E-state index contributed by atoms with van der Waals surface area (Å²) in [5, 5.41) is 0. The molecule has 0 spiro atoms. The monoisotopic (exact) mass is 1170 g/mol. The lowest BCUT2D eigenvalue weighted by Crippen LogP contribution is -2.12. The van der Waals surface area contributed by atoms with Crippen LogP contribution < -0.4 is 38.9 Å². The van der Waals surface area contributed by atoms with Crippen LogP contribution in [0.15, 0.2) is 309 Å². The first kappa shape index (κ1) is 61.1. The first-order chi connectivity index (χ1) is 43.4. The van der Waals surface area contributed by atoms with E-state index in [2.05, 4.69) is 345 Å². The second-order valence-corrected chi connectivity index (χ2v) is 22.0. The van der Waals surface area contributed by atoms with Gasteiger partial charge in [-0.2, -0.15) is 0 Å². The summed E-state index contributed by atoms with van der Waals surface area (Å²) < 4.78 is 10.6. The molecule has 0 aliphatic rings. The Bertz CT molecular complexity index is 4090. The lowest BCUT2D eigenvalue weighted by Gasteiger charge is -2.27. The maximum absolute atomic E-state index is 5.36. The van der Waals surface area contributed by atoms with Gasteiger partial charge < -0.3 is 38.9 Å². The van der Waals surface area contributed by atoms with E-state index in [1.165, 1.54) is 27.9 Å². The van der Waals surface area contributed by atoms with Gasteiger partial charge in [-0.15, -0.1) is 0 Å². The highest BCUT2D eigenvalue weighted by atomic mass is 16.5. The van der Waals surface area contributed by atoms with Crippen molar-refractivity contribution in [2.45, 2.75) is 27.7 Å². The van der Waals surface area contributed by atoms with Gasteiger partial charge in [0.2, 0.25) is 0 Å². The molecule has 0 saturated carbocycles. The van der Waals surface area contributed by atoms with Gasteiger partial charge in [0.05, 0.1) is 14.2 Å². The molecule has 8 heteroatoms. The third-order valence-electron chi connectivity index (χ3n) is 15.7. The first-order valence-corrected chi connectivity index (χ1v) is 30.0. The number of methoxy groups -OCH3 is 2. The molecule has 0 heterocycles. The van der Waals surface area contributed by atoms with Gasteiger partial charge in [-0.1, -0.05) is 126 Å². The molecule has 0 aliphatic carbocycles. The Morgan fingerprint density at radius 2 is 0.427 bits per heavy atom. The number of hydrogen-bond donors (Lipinski definition) is 0. The maximum Gasteiger partial charge on any atom is 0.120 e. The molecule has 0 saturated heterocycles. The van der Waals surface area contributed by atoms with Crippen LogP contribution in [0.5, 0.6) is 11.5 Å². The zero-order valence-electron chi connectivity index (χ0n) is 52.4. The Balaban J connectivity index is 0.000000147. The molecule has 0 fully saturated rings. The second kappa shape index (κ2) is 29.4. The van der Waals surface area contributed by atoms with Crippen molar-refractivity contribution in [1.82, 2.24) is 0 Å². The predicted molar refractivity (Wildman–Crippen MR) is 379 cm³/mol. The van der Waals surface area contributed by atoms with Gasteiger partial charge in [-0.3, -0.25) is 0 Å². The van der Waals surface area contributed by atoms with Crippen LogP contribution in [-0.4, -0.2) is 35.4 Å². The van der Waals surface area contributed by atoms with E-state index in [4.69, 9.17) is 9.47 Å². The molecule has 12 rings (SSSR count). The van der Waals surface area contributed by atoms with Crippen LogP contribution in [-0.2, 0) is 0 Å². The standard InChI is InChI=1S/2C27H26N2O.C27H26N2/c1-21-12-14-24(15-13-21)29(23-8-5-4-6-9-23)25-18-16-22(17-19-25)28(2)26-10-7-11-27(20-26)30-3;1-21-9-11-25(12-10-21)29(24-7-5-4-6-8-24)26-15-13-22(14-16-26)28(2)23-17-19-27(30-3)20-18-23;1-21-12-14-25(15-13-21)29(24-9-5-4-6-10-24)26-18-16-23(17-19-26)28(3)27-11-7-8-22(2)20-27/h2*4-20H,1-3H3;4-20H,1-3H3. The fourth-order valence-electron chi connectivity index (χ4n) is 10.5. The molecular weight excluding hydrogens is 1090 g/mol. The Morgan fingerprint density at radius 1 is 0.191 bits per heavy atom. The van der Waals surface area contributed by atoms with Gasteiger partial charge in [0.25, 0.3) is 0 Å². The minimum atomic E-state index is 0.852. The lowest BCUT2D eigenvalue weighted by atomic mass is 10.1. The predicted octanol–water partition coefficient (Wildman–Crippen LogP) is 22.0. The molecule has 0 N–H and O–H groups in total. The smallest absolute Gasteiger partial charge is 0.120 e. The summed E-state index contributed by atoms with van der Waals surface area (Å²) in [6.07, 6.45) is 0. The lowest BCUT2D eigenvalue weighted by molar-refractivity contribution is 0.415. The van der Waals surface area contributed by atoms with E-state index in [9.17, 15) is 0 Å². The molecule has 0 aromatic heterocycles. The highest BCUT2D eigenvalue weighted by molar-refractivity contribution is 5.81. The van der Waals surface area contributed by atoms with Crippen LogP contribution in [0.4, 0.5) is 85.3 Å². The number of hydrogen-bond acceptors (Lipinski definition) is 8. The summed E-state index contributed by atoms with van der Waals surface area (Å²) in [6, 6.07) is 108. The van der Waals surface area contributed by atoms with Crippen molar-refractivity contribution in [3.63, 3.8) is 0 Å². The Hall–Kier alpha value is -11.0. The number of rotatable bonds is 17. The average molecular weight is 1170 g/mol. The molecule has 89 heavy (non-hydrogen) atoms. The summed E-state index contributed by atoms with van der Waals surface area (Å²) in [7, 11) is 9.63. The molecule has 0 atom stereocenters. The Kier molecular flexibility index (Phi) is 20.2. The highest BCUT2D eigenvalue weighted by Crippen LogP contribution is 2.40. The number of ether oxygens (including phenoxy) is 2. The van der Waals surface area contributed by atoms with Gasteiger partial charge in [0.1, 0.15) is 11.5 Å². The van der Waals surface area contributed by atoms with E-state index >= 15 is 0 Å². The zero-order chi connectivity index (χ0) is 62.1. The summed E-state index contributed by atoms with van der Waals surface area (Å²) in [5.41, 5.74) is 22.1. The van der Waals surface area contributed by atoms with Crippen molar-refractivity contribution in [2.24, 2.45) is 0 Å². The van der Waals surface area contributed by atoms with Crippen molar-refractivity contribution >= 4 is 85.3 Å². The third-order valence-corrected chi connectivity index (χ3v) is 15.7. The van der Waals surface area contributed by atoms with Gasteiger partial charge in [0.15, 0.2) is 0 Å². The Labute approximate surface area is 527 Å². The van der Waals surface area contributed by atoms with Gasteiger partial charge in [-0.05, 0) is 227 Å². The molecule has 0 amide bonds. The molecule has 0 aliphatic heterocycles. The average Bonchev–Trinajstić information content (AvgIpc) is 3.40. The molecule has 12 aromatic carbocycles. The highest BCUT2D eigenvalue weighted by Gasteiger charge is 2.17. The van der Waals surface area contributed by atoms with Crippen LogP contribution in [0.25, 0.3) is 0 Å². The molecule has 12 aromatic rings. The van der Waals surface area contributed by atoms with Crippen molar-refractivity contribution in [1.29, 1.82) is 0 Å². The van der Waals surface area contributed by atoms with Crippen molar-refractivity contribution in [2.75, 3.05) is 64.8 Å². The quantitative estimate of drug-likeness (QED) is 0.0893. The number of anilines is 15. The fourth-order valence-corrected chi connectivity index (χ4v) is 10.5. The van der Waals surface area contributed by atoms with Gasteiger partial charge in [-0.25, -0.2) is 0 Å². The van der Waals surface area contributed by atoms with E-state index in [-0.39, 0.29) is 0 Å². The second-order valence-electron chi connectivity index (χ2n) is 22.0. The van der Waals surface area contributed by atoms with Crippen molar-refractivity contribution < 1.29 is 9.47 Å². The van der Waals surface area contributed by atoms with E-state index in [0.29, 0.717) is 0 Å². The van der Waals surface area contributed by atoms with E-state index in [1.807, 2.05) is 42.5 Å². The number of benzene rings is 12. The fraction of sp³-hybridized carbons (Fsp3) is 0.111. The third kappa shape index (κ3) is 15.5. The van der Waals surface area contributed by atoms with Crippen LogP contribution in [0.3, 0.4) is 0 Å². The van der Waals surface area contributed by atoms with Crippen LogP contribution in [0.1, 0.15) is 22.3 Å². The number of nitrogens with zero attached hydrogens (tertiary/aromatic N) is 6. The maximum atomic E-state index is 5.36. The molecule has 444 valence electrons. The first-order valence-electron chi connectivity index (χ1n) is 30.0. The SMILES string of the molecule is COc1ccc(N(C)c2ccc(N(c3ccccc3)c3ccc(C)cc3)cc2)cc1.COc1cccc(N(C)c2ccc(N(c3ccccc3)c3ccc(C)cc3)cc2)c1.Cc1ccc(N(c2ccccc2)c2ccc(N(C)c3cccc(C)c3)cc2)cc1. The molecule has 0 bridgehead atoms. The molecular formula is C81H78N6O2. The zero-order valence-corrected chi connectivity index (χ0v) is 52.4. The normalized spacial score (nSPS) is 10.5. The van der Waals surface area contributed by atoms with Crippen LogP contribution in [0.2, 0.25) is 0 Å². The minimum Gasteiger partial charge on any atom is -0.497 e. The topological polar surface area (TPSA) is 37.9 Å². The summed E-state index contributed by atoms with van der Waals surface area (Å²) in [6.45, 7) is 8.46. The van der Waals surface area contributed by atoms with Gasteiger partial charge >= 0.3 is 0 Å². The van der Waals surface area contributed by atoms with E-state index < -0.39 is 0 Å². The number of para-hydroxylation sites is 3. The molecule has 8 nitrogen and oxygen atoms in total. The largest absolute Gasteiger partial charge is 0.497 e. The Morgan fingerprint density at radius 3 is 0.730 bits per heavy atom. The van der Waals surface area contributed by atoms with Crippen molar-refractivity contribution in [3.8, 4) is 11.5 Å². The van der Waals surface area contributed by atoms with Gasteiger partial charge in [0, 0.05) is 113 Å². The van der Waals surface area contributed by atoms with E-state index in [1.54, 1.807) is 14.2 Å². The molecule has 0 unspecified atom stereocenters. The molecule has 0 radical (unpaired) electrons. The number of aryl methyl sites for hydroxylation is 4. The van der Waals surface area contributed by atoms with Crippen LogP contribution in [0, 0.1) is 27.7 Å². The summed E-state index contributed by atoms with van der Waals surface area (Å²) in [5.74, 6) is 1.71. The van der Waals surface area contributed by atoms with Crippen LogP contribution >= 0.6 is 0 Å². The minimum absolute atomic E-state index is 0.852. The summed E-state index contributed by atoms with van der Waals surface area (Å²) in [4.78, 5) is 13.4. The van der Waals surface area contributed by atoms with Crippen molar-refractivity contribution in [3.05, 3.63) is 332 Å². The summed E-state index contributed by atoms with van der Waals surface area (Å²) >= 11 is 0. The van der Waals surface area contributed by atoms with E-state index in [0.717, 1.165) is 91.1 Å².